The van der Waals surface area contributed by atoms with Crippen LogP contribution in [0.25, 0.3) is 11.6 Å². The van der Waals surface area contributed by atoms with Crippen LogP contribution in [0.3, 0.4) is 0 Å². The molecule has 7 heteroatoms. The summed E-state index contributed by atoms with van der Waals surface area (Å²) >= 11 is 0. The third-order valence-electron chi connectivity index (χ3n) is 2.00. The fourth-order valence-electron chi connectivity index (χ4n) is 1.25. The van der Waals surface area contributed by atoms with E-state index in [1.807, 2.05) is 0 Å². The van der Waals surface area contributed by atoms with Gasteiger partial charge in [0.1, 0.15) is 11.3 Å². The lowest BCUT2D eigenvalue weighted by molar-refractivity contribution is 0.0681. The zero-order chi connectivity index (χ0) is 12.4. The Bertz CT molecular complexity index is 540. The van der Waals surface area contributed by atoms with E-state index in [0.717, 1.165) is 6.20 Å². The molecule has 2 rings (SSSR count). The topological polar surface area (TPSA) is 76.2 Å². The molecule has 0 spiro atoms. The summed E-state index contributed by atoms with van der Waals surface area (Å²) in [6.45, 7) is 0. The summed E-state index contributed by atoms with van der Waals surface area (Å²) in [4.78, 5) is 17.9. The van der Waals surface area contributed by atoms with Gasteiger partial charge in [-0.05, 0) is 12.1 Å². The van der Waals surface area contributed by atoms with Crippen LogP contribution in [0.1, 0.15) is 22.5 Å². The number of rotatable bonds is 3. The monoisotopic (exact) mass is 240 g/mol. The second-order valence-electron chi connectivity index (χ2n) is 3.08. The average Bonchev–Trinajstić information content (AvgIpc) is 2.81. The van der Waals surface area contributed by atoms with Crippen LogP contribution in [-0.4, -0.2) is 21.0 Å². The first-order valence-electron chi connectivity index (χ1n) is 4.52. The van der Waals surface area contributed by atoms with Crippen molar-refractivity contribution < 1.29 is 23.1 Å². The van der Waals surface area contributed by atoms with Gasteiger partial charge in [0.2, 0.25) is 0 Å². The minimum Gasteiger partial charge on any atom is -0.478 e. The van der Waals surface area contributed by atoms with Gasteiger partial charge in [-0.3, -0.25) is 0 Å². The van der Waals surface area contributed by atoms with Gasteiger partial charge in [0.25, 0.3) is 6.43 Å². The van der Waals surface area contributed by atoms with Crippen LogP contribution in [-0.2, 0) is 0 Å². The molecule has 2 aromatic rings. The summed E-state index contributed by atoms with van der Waals surface area (Å²) in [5, 5.41) is 8.70. The van der Waals surface area contributed by atoms with Crippen molar-refractivity contribution in [3.63, 3.8) is 0 Å². The third-order valence-corrected chi connectivity index (χ3v) is 2.00. The molecule has 2 heterocycles. The van der Waals surface area contributed by atoms with Crippen LogP contribution in [0.15, 0.2) is 29.0 Å². The minimum absolute atomic E-state index is 0.0738. The first-order valence-corrected chi connectivity index (χ1v) is 4.52. The molecule has 1 N–H and O–H groups in total. The first-order chi connectivity index (χ1) is 8.09. The van der Waals surface area contributed by atoms with Crippen molar-refractivity contribution in [2.24, 2.45) is 0 Å². The first kappa shape index (κ1) is 11.2. The van der Waals surface area contributed by atoms with E-state index in [1.54, 1.807) is 6.07 Å². The van der Waals surface area contributed by atoms with Crippen molar-refractivity contribution in [1.82, 2.24) is 9.97 Å². The Hall–Kier alpha value is -2.31. The Balaban J connectivity index is 2.53. The largest absolute Gasteiger partial charge is 0.478 e. The van der Waals surface area contributed by atoms with Crippen LogP contribution in [0, 0.1) is 0 Å². The second kappa shape index (κ2) is 4.28. The number of hydrogen-bond donors (Lipinski definition) is 1. The fourth-order valence-corrected chi connectivity index (χ4v) is 1.25. The molecule has 0 aliphatic heterocycles. The number of nitrogens with zero attached hydrogens (tertiary/aromatic N) is 2. The number of carboxylic acids is 1. The molecule has 0 bridgehead atoms. The molecule has 0 saturated carbocycles. The van der Waals surface area contributed by atoms with E-state index in [9.17, 15) is 13.6 Å². The van der Waals surface area contributed by atoms with Gasteiger partial charge in [-0.2, -0.15) is 0 Å². The molecule has 0 saturated heterocycles. The summed E-state index contributed by atoms with van der Waals surface area (Å²) < 4.78 is 30.2. The highest BCUT2D eigenvalue weighted by Crippen LogP contribution is 2.23. The highest BCUT2D eigenvalue weighted by atomic mass is 19.3. The van der Waals surface area contributed by atoms with E-state index in [4.69, 9.17) is 9.52 Å². The van der Waals surface area contributed by atoms with Crippen LogP contribution >= 0.6 is 0 Å². The molecule has 0 amide bonds. The van der Waals surface area contributed by atoms with Crippen molar-refractivity contribution in [2.75, 3.05) is 0 Å². The number of aromatic nitrogens is 2. The van der Waals surface area contributed by atoms with Gasteiger partial charge >= 0.3 is 5.97 Å². The van der Waals surface area contributed by atoms with Gasteiger partial charge in [-0.15, -0.1) is 0 Å². The molecule has 0 aliphatic rings. The maximum atomic E-state index is 12.6. The third kappa shape index (κ3) is 2.12. The van der Waals surface area contributed by atoms with E-state index in [1.165, 1.54) is 12.3 Å². The van der Waals surface area contributed by atoms with E-state index in [0.29, 0.717) is 0 Å². The van der Waals surface area contributed by atoms with Crippen molar-refractivity contribution in [1.29, 1.82) is 0 Å². The second-order valence-corrected chi connectivity index (χ2v) is 3.08. The standard InChI is InChI=1S/C10H6F2N2O3/c11-8(12)7-5(10(15)16)4-13-9(14-7)6-2-1-3-17-6/h1-4,8H,(H,15,16). The average molecular weight is 240 g/mol. The molecule has 88 valence electrons. The molecule has 2 aromatic heterocycles. The fraction of sp³-hybridized carbons (Fsp3) is 0.100. The molecule has 0 aromatic carbocycles. The summed E-state index contributed by atoms with van der Waals surface area (Å²) in [6, 6.07) is 3.04. The summed E-state index contributed by atoms with van der Waals surface area (Å²) in [5.74, 6) is -1.37. The molecule has 0 atom stereocenters. The summed E-state index contributed by atoms with van der Waals surface area (Å²) in [7, 11) is 0. The Morgan fingerprint density at radius 3 is 2.76 bits per heavy atom. The van der Waals surface area contributed by atoms with E-state index in [2.05, 4.69) is 9.97 Å². The molecule has 0 fully saturated rings. The normalized spacial score (nSPS) is 10.8. The van der Waals surface area contributed by atoms with Crippen LogP contribution in [0.5, 0.6) is 0 Å². The molecule has 0 unspecified atom stereocenters. The summed E-state index contributed by atoms with van der Waals surface area (Å²) in [6.07, 6.45) is -0.807. The Kier molecular flexibility index (Phi) is 2.82. The predicted molar refractivity (Wildman–Crippen MR) is 51.7 cm³/mol. The SMILES string of the molecule is O=C(O)c1cnc(-c2ccco2)nc1C(F)F. The molecular weight excluding hydrogens is 234 g/mol. The quantitative estimate of drug-likeness (QED) is 0.891. The lowest BCUT2D eigenvalue weighted by atomic mass is 10.2. The van der Waals surface area contributed by atoms with Crippen molar-refractivity contribution in [3.8, 4) is 11.6 Å². The van der Waals surface area contributed by atoms with E-state index >= 15 is 0 Å². The van der Waals surface area contributed by atoms with Crippen LogP contribution in [0.2, 0.25) is 0 Å². The number of aromatic carboxylic acids is 1. The molecule has 5 nitrogen and oxygen atoms in total. The molecule has 0 aliphatic carbocycles. The van der Waals surface area contributed by atoms with Gasteiger partial charge in [0, 0.05) is 6.20 Å². The number of alkyl halides is 2. The number of carboxylic acid groups (broad SMARTS) is 1. The molecular formula is C10H6F2N2O3. The number of hydrogen-bond acceptors (Lipinski definition) is 4. The highest BCUT2D eigenvalue weighted by Gasteiger charge is 2.22. The summed E-state index contributed by atoms with van der Waals surface area (Å²) in [5.41, 5.74) is -1.44. The van der Waals surface area contributed by atoms with Crippen molar-refractivity contribution >= 4 is 5.97 Å². The van der Waals surface area contributed by atoms with Crippen molar-refractivity contribution in [2.45, 2.75) is 6.43 Å². The number of furan rings is 1. The smallest absolute Gasteiger partial charge is 0.339 e. The van der Waals surface area contributed by atoms with Gasteiger partial charge < -0.3 is 9.52 Å². The molecule has 17 heavy (non-hydrogen) atoms. The Morgan fingerprint density at radius 2 is 2.24 bits per heavy atom. The van der Waals surface area contributed by atoms with Crippen molar-refractivity contribution in [3.05, 3.63) is 35.9 Å². The van der Waals surface area contributed by atoms with Gasteiger partial charge in [-0.25, -0.2) is 23.5 Å². The van der Waals surface area contributed by atoms with E-state index in [-0.39, 0.29) is 11.6 Å². The van der Waals surface area contributed by atoms with Gasteiger partial charge in [-0.1, -0.05) is 0 Å². The maximum Gasteiger partial charge on any atom is 0.339 e. The van der Waals surface area contributed by atoms with Crippen LogP contribution in [0.4, 0.5) is 8.78 Å². The number of carbonyl (C=O) groups is 1. The minimum atomic E-state index is -2.99. The maximum absolute atomic E-state index is 12.6. The lowest BCUT2D eigenvalue weighted by Crippen LogP contribution is -2.07. The lowest BCUT2D eigenvalue weighted by Gasteiger charge is -2.04. The zero-order valence-electron chi connectivity index (χ0n) is 8.30. The molecule has 0 radical (unpaired) electrons. The highest BCUT2D eigenvalue weighted by molar-refractivity contribution is 5.88. The van der Waals surface area contributed by atoms with Gasteiger partial charge in [0.05, 0.1) is 6.26 Å². The zero-order valence-corrected chi connectivity index (χ0v) is 8.30. The number of halogens is 2. The Morgan fingerprint density at radius 1 is 1.47 bits per heavy atom. The Labute approximate surface area is 93.7 Å². The van der Waals surface area contributed by atoms with Gasteiger partial charge in [0.15, 0.2) is 11.6 Å². The predicted octanol–water partition coefficient (Wildman–Crippen LogP) is 2.37. The van der Waals surface area contributed by atoms with E-state index < -0.39 is 23.7 Å². The van der Waals surface area contributed by atoms with Crippen LogP contribution < -0.4 is 0 Å².